The third-order valence-electron chi connectivity index (χ3n) is 3.44. The lowest BCUT2D eigenvalue weighted by atomic mass is 10.1. The maximum Gasteiger partial charge on any atom is 0.115 e. The highest BCUT2D eigenvalue weighted by atomic mass is 16.3. The largest absolute Gasteiger partial charge is 0.508 e. The zero-order valence-electron chi connectivity index (χ0n) is 12.8. The van der Waals surface area contributed by atoms with Crippen LogP contribution in [0, 0.1) is 0 Å². The number of aromatic hydroxyl groups is 1. The van der Waals surface area contributed by atoms with Gasteiger partial charge < -0.3 is 10.0 Å². The lowest BCUT2D eigenvalue weighted by Crippen LogP contribution is -2.39. The summed E-state index contributed by atoms with van der Waals surface area (Å²) < 4.78 is 0. The van der Waals surface area contributed by atoms with E-state index < -0.39 is 0 Å². The molecule has 0 radical (unpaired) electrons. The second-order valence-electron chi connectivity index (χ2n) is 5.56. The minimum absolute atomic E-state index is 0.342. The van der Waals surface area contributed by atoms with Crippen molar-refractivity contribution in [2.75, 3.05) is 33.7 Å². The Morgan fingerprint density at radius 2 is 1.68 bits per heavy atom. The third-order valence-corrected chi connectivity index (χ3v) is 3.44. The fourth-order valence-corrected chi connectivity index (χ4v) is 2.27. The smallest absolute Gasteiger partial charge is 0.115 e. The van der Waals surface area contributed by atoms with Gasteiger partial charge in [-0.15, -0.1) is 0 Å². The van der Waals surface area contributed by atoms with E-state index in [0.717, 1.165) is 26.1 Å². The number of likely N-dealkylation sites (N-methyl/N-ethyl adjacent to an activating group) is 1. The molecule has 0 bridgehead atoms. The summed E-state index contributed by atoms with van der Waals surface area (Å²) in [6.45, 7) is 7.88. The summed E-state index contributed by atoms with van der Waals surface area (Å²) in [5.74, 6) is 0.342. The molecule has 0 aromatic heterocycles. The zero-order valence-corrected chi connectivity index (χ0v) is 12.8. The van der Waals surface area contributed by atoms with Crippen LogP contribution in [0.5, 0.6) is 5.75 Å². The molecule has 1 N–H and O–H groups in total. The van der Waals surface area contributed by atoms with Gasteiger partial charge in [0.1, 0.15) is 5.75 Å². The molecule has 0 aliphatic rings. The average molecular weight is 264 g/mol. The van der Waals surface area contributed by atoms with E-state index in [1.54, 1.807) is 12.1 Å². The molecular formula is C16H28N2O. The molecule has 0 saturated carbocycles. The number of rotatable bonds is 8. The Hall–Kier alpha value is -1.06. The summed E-state index contributed by atoms with van der Waals surface area (Å²) in [5, 5.41) is 9.31. The summed E-state index contributed by atoms with van der Waals surface area (Å²) >= 11 is 0. The van der Waals surface area contributed by atoms with E-state index in [1.165, 1.54) is 12.0 Å². The van der Waals surface area contributed by atoms with Crippen LogP contribution in [0.1, 0.15) is 25.8 Å². The van der Waals surface area contributed by atoms with Crippen LogP contribution in [0.3, 0.4) is 0 Å². The van der Waals surface area contributed by atoms with Crippen LogP contribution in [0.25, 0.3) is 0 Å². The van der Waals surface area contributed by atoms with Crippen molar-refractivity contribution in [3.05, 3.63) is 29.8 Å². The first-order valence-electron chi connectivity index (χ1n) is 7.19. The Morgan fingerprint density at radius 3 is 2.21 bits per heavy atom. The van der Waals surface area contributed by atoms with Crippen LogP contribution in [0.15, 0.2) is 24.3 Å². The topological polar surface area (TPSA) is 26.7 Å². The Kier molecular flexibility index (Phi) is 6.89. The molecule has 0 heterocycles. The summed E-state index contributed by atoms with van der Waals surface area (Å²) in [7, 11) is 4.24. The lowest BCUT2D eigenvalue weighted by molar-refractivity contribution is 0.188. The lowest BCUT2D eigenvalue weighted by Gasteiger charge is -2.30. The third kappa shape index (κ3) is 6.08. The highest BCUT2D eigenvalue weighted by Gasteiger charge is 2.13. The molecule has 0 fully saturated rings. The molecule has 3 nitrogen and oxygen atoms in total. The predicted octanol–water partition coefficient (Wildman–Crippen LogP) is 2.60. The molecular weight excluding hydrogens is 236 g/mol. The van der Waals surface area contributed by atoms with Crippen molar-refractivity contribution >= 4 is 0 Å². The minimum atomic E-state index is 0.342. The Morgan fingerprint density at radius 1 is 1.05 bits per heavy atom. The molecule has 1 rings (SSSR count). The van der Waals surface area contributed by atoms with Crippen LogP contribution in [0.2, 0.25) is 0 Å². The van der Waals surface area contributed by atoms with E-state index in [-0.39, 0.29) is 0 Å². The minimum Gasteiger partial charge on any atom is -0.508 e. The van der Waals surface area contributed by atoms with Gasteiger partial charge in [0.25, 0.3) is 0 Å². The standard InChI is InChI=1S/C16H28N2O/c1-5-10-18(12-11-17(3)4)14(2)13-15-6-8-16(19)9-7-15/h6-9,14,19H,5,10-13H2,1-4H3. The molecule has 1 atom stereocenters. The SMILES string of the molecule is CCCN(CCN(C)C)C(C)Cc1ccc(O)cc1. The van der Waals surface area contributed by atoms with Gasteiger partial charge in [-0.2, -0.15) is 0 Å². The molecule has 0 saturated heterocycles. The molecule has 0 amide bonds. The first-order valence-corrected chi connectivity index (χ1v) is 7.19. The van der Waals surface area contributed by atoms with E-state index in [0.29, 0.717) is 11.8 Å². The fraction of sp³-hybridized carbons (Fsp3) is 0.625. The molecule has 0 spiro atoms. The molecule has 1 unspecified atom stereocenters. The summed E-state index contributed by atoms with van der Waals surface area (Å²) in [4.78, 5) is 4.78. The van der Waals surface area contributed by atoms with E-state index in [4.69, 9.17) is 0 Å². The number of phenols is 1. The van der Waals surface area contributed by atoms with Gasteiger partial charge in [0.2, 0.25) is 0 Å². The molecule has 3 heteroatoms. The second kappa shape index (κ2) is 8.18. The highest BCUT2D eigenvalue weighted by Crippen LogP contribution is 2.13. The summed E-state index contributed by atoms with van der Waals surface area (Å²) in [6.07, 6.45) is 2.22. The van der Waals surface area contributed by atoms with Crippen molar-refractivity contribution in [1.82, 2.24) is 9.80 Å². The molecule has 1 aromatic rings. The Balaban J connectivity index is 2.55. The molecule has 1 aromatic carbocycles. The maximum atomic E-state index is 9.31. The summed E-state index contributed by atoms with van der Waals surface area (Å²) in [5.41, 5.74) is 1.29. The van der Waals surface area contributed by atoms with Crippen LogP contribution in [-0.2, 0) is 6.42 Å². The first kappa shape index (κ1) is 16.0. The first-order chi connectivity index (χ1) is 9.02. The van der Waals surface area contributed by atoms with Gasteiger partial charge in [-0.1, -0.05) is 19.1 Å². The number of benzene rings is 1. The summed E-state index contributed by atoms with van der Waals surface area (Å²) in [6, 6.07) is 8.10. The van der Waals surface area contributed by atoms with Crippen molar-refractivity contribution in [2.24, 2.45) is 0 Å². The van der Waals surface area contributed by atoms with Crippen molar-refractivity contribution in [3.63, 3.8) is 0 Å². The quantitative estimate of drug-likeness (QED) is 0.782. The van der Waals surface area contributed by atoms with E-state index >= 15 is 0 Å². The van der Waals surface area contributed by atoms with Gasteiger partial charge in [-0.05, 0) is 58.1 Å². The van der Waals surface area contributed by atoms with Crippen molar-refractivity contribution in [3.8, 4) is 5.75 Å². The number of hydrogen-bond donors (Lipinski definition) is 1. The van der Waals surface area contributed by atoms with E-state index in [2.05, 4.69) is 37.7 Å². The number of nitrogens with zero attached hydrogens (tertiary/aromatic N) is 2. The fourth-order valence-electron chi connectivity index (χ4n) is 2.27. The van der Waals surface area contributed by atoms with Crippen LogP contribution >= 0.6 is 0 Å². The zero-order chi connectivity index (χ0) is 14.3. The monoisotopic (exact) mass is 264 g/mol. The average Bonchev–Trinajstić information content (AvgIpc) is 2.37. The van der Waals surface area contributed by atoms with Gasteiger partial charge in [0, 0.05) is 19.1 Å². The van der Waals surface area contributed by atoms with E-state index in [1.807, 2.05) is 12.1 Å². The number of hydrogen-bond acceptors (Lipinski definition) is 3. The number of phenolic OH excluding ortho intramolecular Hbond substituents is 1. The van der Waals surface area contributed by atoms with Crippen molar-refractivity contribution < 1.29 is 5.11 Å². The van der Waals surface area contributed by atoms with Gasteiger partial charge in [0.05, 0.1) is 0 Å². The van der Waals surface area contributed by atoms with E-state index in [9.17, 15) is 5.11 Å². The van der Waals surface area contributed by atoms with Gasteiger partial charge in [-0.3, -0.25) is 4.90 Å². The van der Waals surface area contributed by atoms with Crippen LogP contribution in [0.4, 0.5) is 0 Å². The van der Waals surface area contributed by atoms with Gasteiger partial charge in [0.15, 0.2) is 0 Å². The predicted molar refractivity (Wildman–Crippen MR) is 81.7 cm³/mol. The Bertz CT molecular complexity index is 348. The normalized spacial score (nSPS) is 13.2. The van der Waals surface area contributed by atoms with Crippen LogP contribution < -0.4 is 0 Å². The van der Waals surface area contributed by atoms with Crippen LogP contribution in [-0.4, -0.2) is 54.7 Å². The van der Waals surface area contributed by atoms with Gasteiger partial charge >= 0.3 is 0 Å². The highest BCUT2D eigenvalue weighted by molar-refractivity contribution is 5.26. The molecule has 0 aliphatic carbocycles. The molecule has 108 valence electrons. The molecule has 19 heavy (non-hydrogen) atoms. The molecule has 0 aliphatic heterocycles. The van der Waals surface area contributed by atoms with Crippen molar-refractivity contribution in [1.29, 1.82) is 0 Å². The second-order valence-corrected chi connectivity index (χ2v) is 5.56. The Labute approximate surface area is 117 Å². The maximum absolute atomic E-state index is 9.31. The van der Waals surface area contributed by atoms with Gasteiger partial charge in [-0.25, -0.2) is 0 Å². The van der Waals surface area contributed by atoms with Crippen molar-refractivity contribution in [2.45, 2.75) is 32.7 Å².